The molecule has 0 heterocycles. The minimum Gasteiger partial charge on any atom is -0.392 e. The molecule has 21 heavy (non-hydrogen) atoms. The van der Waals surface area contributed by atoms with Crippen LogP contribution >= 0.6 is 0 Å². The summed E-state index contributed by atoms with van der Waals surface area (Å²) < 4.78 is 26.7. The van der Waals surface area contributed by atoms with Crippen LogP contribution in [0.2, 0.25) is 0 Å². The van der Waals surface area contributed by atoms with Gasteiger partial charge in [-0.2, -0.15) is 0 Å². The lowest BCUT2D eigenvalue weighted by atomic mass is 10.0. The molecule has 0 aliphatic carbocycles. The minimum atomic E-state index is -3.31. The number of hydrogen-bond acceptors (Lipinski definition) is 3. The first-order chi connectivity index (χ1) is 9.96. The average Bonchev–Trinajstić information content (AvgIpc) is 2.48. The van der Waals surface area contributed by atoms with E-state index in [0.717, 1.165) is 24.0 Å². The fraction of sp³-hybridized carbons (Fsp3) is 0.625. The van der Waals surface area contributed by atoms with E-state index in [1.54, 1.807) is 28.6 Å². The maximum Gasteiger partial charge on any atom is 0.218 e. The Morgan fingerprint density at radius 2 is 1.76 bits per heavy atom. The van der Waals surface area contributed by atoms with Gasteiger partial charge in [-0.3, -0.25) is 0 Å². The summed E-state index contributed by atoms with van der Waals surface area (Å²) in [5.41, 5.74) is 1.47. The van der Waals surface area contributed by atoms with Crippen molar-refractivity contribution >= 4 is 10.0 Å². The Balaban J connectivity index is 2.86. The molecule has 1 rings (SSSR count). The van der Waals surface area contributed by atoms with E-state index in [0.29, 0.717) is 19.0 Å². The lowest BCUT2D eigenvalue weighted by Crippen LogP contribution is -2.36. The van der Waals surface area contributed by atoms with E-state index in [-0.39, 0.29) is 12.4 Å². The van der Waals surface area contributed by atoms with Crippen LogP contribution in [0.1, 0.15) is 44.7 Å². The van der Waals surface area contributed by atoms with Gasteiger partial charge in [-0.15, -0.1) is 0 Å². The Hall–Kier alpha value is -0.910. The Morgan fingerprint density at radius 1 is 1.14 bits per heavy atom. The van der Waals surface area contributed by atoms with Crippen LogP contribution in [0.3, 0.4) is 0 Å². The number of rotatable bonds is 9. The first-order valence-electron chi connectivity index (χ1n) is 7.63. The summed E-state index contributed by atoms with van der Waals surface area (Å²) in [5.74, 6) is 0.401. The van der Waals surface area contributed by atoms with Crippen LogP contribution in [0.15, 0.2) is 24.3 Å². The Labute approximate surface area is 128 Å². The molecular weight excluding hydrogens is 286 g/mol. The van der Waals surface area contributed by atoms with Gasteiger partial charge in [0.1, 0.15) is 0 Å². The molecule has 4 nitrogen and oxygen atoms in total. The quantitative estimate of drug-likeness (QED) is 0.762. The average molecular weight is 313 g/mol. The van der Waals surface area contributed by atoms with E-state index in [9.17, 15) is 8.42 Å². The molecular formula is C16H27NO3S. The summed E-state index contributed by atoms with van der Waals surface area (Å²) in [4.78, 5) is 0. The predicted molar refractivity (Wildman–Crippen MR) is 86.3 cm³/mol. The minimum absolute atomic E-state index is 0.00513. The predicted octanol–water partition coefficient (Wildman–Crippen LogP) is 2.77. The van der Waals surface area contributed by atoms with Crippen molar-refractivity contribution in [3.05, 3.63) is 35.4 Å². The highest BCUT2D eigenvalue weighted by molar-refractivity contribution is 7.88. The van der Waals surface area contributed by atoms with Crippen LogP contribution in [0.5, 0.6) is 0 Å². The van der Waals surface area contributed by atoms with Crippen LogP contribution in [0, 0.1) is 5.92 Å². The van der Waals surface area contributed by atoms with Crippen molar-refractivity contribution in [1.29, 1.82) is 0 Å². The van der Waals surface area contributed by atoms with Gasteiger partial charge >= 0.3 is 0 Å². The summed E-state index contributed by atoms with van der Waals surface area (Å²) in [6.07, 6.45) is 1.98. The zero-order chi connectivity index (χ0) is 15.9. The fourth-order valence-electron chi connectivity index (χ4n) is 2.39. The van der Waals surface area contributed by atoms with Crippen molar-refractivity contribution in [2.75, 3.05) is 13.1 Å². The second-order valence-corrected chi connectivity index (χ2v) is 7.34. The molecule has 1 aromatic carbocycles. The topological polar surface area (TPSA) is 57.6 Å². The summed E-state index contributed by atoms with van der Waals surface area (Å²) in [6.45, 7) is 7.09. The van der Waals surface area contributed by atoms with Crippen molar-refractivity contribution in [2.24, 2.45) is 5.92 Å². The molecule has 0 aromatic heterocycles. The molecule has 0 spiro atoms. The molecule has 1 aromatic rings. The van der Waals surface area contributed by atoms with Crippen molar-refractivity contribution in [3.63, 3.8) is 0 Å². The molecule has 120 valence electrons. The van der Waals surface area contributed by atoms with Crippen LogP contribution in [-0.4, -0.2) is 30.9 Å². The van der Waals surface area contributed by atoms with Gasteiger partial charge in [0.15, 0.2) is 0 Å². The van der Waals surface area contributed by atoms with E-state index in [4.69, 9.17) is 5.11 Å². The lowest BCUT2D eigenvalue weighted by Gasteiger charge is -2.25. The van der Waals surface area contributed by atoms with E-state index >= 15 is 0 Å². The molecule has 1 N–H and O–H groups in total. The number of hydrogen-bond donors (Lipinski definition) is 1. The molecule has 0 unspecified atom stereocenters. The number of benzene rings is 1. The zero-order valence-corrected chi connectivity index (χ0v) is 14.1. The molecule has 5 heteroatoms. The first-order valence-corrected chi connectivity index (χ1v) is 9.24. The molecule has 0 aliphatic rings. The Bertz CT molecular complexity index is 524. The van der Waals surface area contributed by atoms with Gasteiger partial charge in [-0.25, -0.2) is 12.7 Å². The van der Waals surface area contributed by atoms with Crippen molar-refractivity contribution in [1.82, 2.24) is 4.31 Å². The third kappa shape index (κ3) is 5.41. The van der Waals surface area contributed by atoms with E-state index in [2.05, 4.69) is 13.8 Å². The molecule has 0 atom stereocenters. The van der Waals surface area contributed by atoms with Crippen LogP contribution in [-0.2, 0) is 22.4 Å². The van der Waals surface area contributed by atoms with Crippen LogP contribution in [0.25, 0.3) is 0 Å². The molecule has 0 bridgehead atoms. The highest BCUT2D eigenvalue weighted by Crippen LogP contribution is 2.17. The number of aliphatic hydroxyl groups excluding tert-OH is 1. The summed E-state index contributed by atoms with van der Waals surface area (Å²) in [5, 5.41) is 9.14. The van der Waals surface area contributed by atoms with Gasteiger partial charge < -0.3 is 5.11 Å². The van der Waals surface area contributed by atoms with Gasteiger partial charge in [0.2, 0.25) is 10.0 Å². The van der Waals surface area contributed by atoms with Gasteiger partial charge in [-0.1, -0.05) is 57.9 Å². The molecule has 0 saturated carbocycles. The maximum absolute atomic E-state index is 12.6. The van der Waals surface area contributed by atoms with Crippen LogP contribution < -0.4 is 0 Å². The lowest BCUT2D eigenvalue weighted by molar-refractivity contribution is 0.281. The first kappa shape index (κ1) is 18.1. The van der Waals surface area contributed by atoms with E-state index in [1.165, 1.54) is 0 Å². The third-order valence-corrected chi connectivity index (χ3v) is 5.78. The van der Waals surface area contributed by atoms with E-state index < -0.39 is 10.0 Å². The fourth-order valence-corrected chi connectivity index (χ4v) is 4.01. The summed E-state index contributed by atoms with van der Waals surface area (Å²) >= 11 is 0. The van der Waals surface area contributed by atoms with Gasteiger partial charge in [0, 0.05) is 13.1 Å². The van der Waals surface area contributed by atoms with Crippen molar-refractivity contribution < 1.29 is 13.5 Å². The van der Waals surface area contributed by atoms with Crippen molar-refractivity contribution in [3.8, 4) is 0 Å². The SMILES string of the molecule is CCC(CC)CN(CC)S(=O)(=O)Cc1cccc(CO)c1. The van der Waals surface area contributed by atoms with Crippen molar-refractivity contribution in [2.45, 2.75) is 46.0 Å². The number of aliphatic hydroxyl groups is 1. The molecule has 0 radical (unpaired) electrons. The largest absolute Gasteiger partial charge is 0.392 e. The monoisotopic (exact) mass is 313 g/mol. The summed E-state index contributed by atoms with van der Waals surface area (Å²) in [7, 11) is -3.31. The van der Waals surface area contributed by atoms with Gasteiger partial charge in [0.25, 0.3) is 0 Å². The molecule has 0 aliphatic heterocycles. The highest BCUT2D eigenvalue weighted by atomic mass is 32.2. The Morgan fingerprint density at radius 3 is 2.29 bits per heavy atom. The highest BCUT2D eigenvalue weighted by Gasteiger charge is 2.23. The van der Waals surface area contributed by atoms with Crippen LogP contribution in [0.4, 0.5) is 0 Å². The second kappa shape index (κ2) is 8.51. The standard InChI is InChI=1S/C16H27NO3S/c1-4-14(5-2)11-17(6-3)21(19,20)13-16-9-7-8-15(10-16)12-18/h7-10,14,18H,4-6,11-13H2,1-3H3. The zero-order valence-electron chi connectivity index (χ0n) is 13.2. The van der Waals surface area contributed by atoms with Gasteiger partial charge in [-0.05, 0) is 17.0 Å². The molecule has 0 fully saturated rings. The Kier molecular flexibility index (Phi) is 7.35. The molecule has 0 saturated heterocycles. The smallest absolute Gasteiger partial charge is 0.218 e. The van der Waals surface area contributed by atoms with E-state index in [1.807, 2.05) is 6.92 Å². The number of nitrogens with zero attached hydrogens (tertiary/aromatic N) is 1. The number of sulfonamides is 1. The normalized spacial score (nSPS) is 12.3. The second-order valence-electron chi connectivity index (χ2n) is 5.37. The van der Waals surface area contributed by atoms with Gasteiger partial charge in [0.05, 0.1) is 12.4 Å². The molecule has 0 amide bonds. The maximum atomic E-state index is 12.6. The summed E-state index contributed by atoms with van der Waals surface area (Å²) in [6, 6.07) is 7.12. The third-order valence-electron chi connectivity index (χ3n) is 3.89.